The van der Waals surface area contributed by atoms with Gasteiger partial charge in [0, 0.05) is 10.9 Å². The van der Waals surface area contributed by atoms with E-state index in [-0.39, 0.29) is 11.4 Å². The Morgan fingerprint density at radius 1 is 1.04 bits per heavy atom. The van der Waals surface area contributed by atoms with Crippen LogP contribution in [-0.4, -0.2) is 10.9 Å². The van der Waals surface area contributed by atoms with Crippen LogP contribution in [0.1, 0.15) is 16.1 Å². The van der Waals surface area contributed by atoms with Crippen LogP contribution < -0.4 is 10.9 Å². The number of nitrogens with one attached hydrogen (secondary N) is 2. The molecule has 0 spiro atoms. The summed E-state index contributed by atoms with van der Waals surface area (Å²) in [6.07, 6.45) is -4.44. The molecule has 2 aromatic carbocycles. The van der Waals surface area contributed by atoms with Gasteiger partial charge in [0.05, 0.1) is 11.3 Å². The number of hydrazine groups is 1. The molecule has 4 nitrogen and oxygen atoms in total. The van der Waals surface area contributed by atoms with Gasteiger partial charge in [-0.1, -0.05) is 36.4 Å². The Kier molecular flexibility index (Phi) is 4.71. The molecule has 8 heteroatoms. The highest BCUT2D eigenvalue weighted by atomic mass is 32.1. The Hall–Kier alpha value is -2.87. The zero-order chi connectivity index (χ0) is 17.9. The molecule has 0 fully saturated rings. The van der Waals surface area contributed by atoms with Gasteiger partial charge in [-0.05, 0) is 18.2 Å². The predicted molar refractivity (Wildman–Crippen MR) is 90.1 cm³/mol. The fourth-order valence-corrected chi connectivity index (χ4v) is 2.86. The maximum Gasteiger partial charge on any atom is 0.416 e. The number of aromatic nitrogens is 1. The number of anilines is 1. The van der Waals surface area contributed by atoms with E-state index in [0.717, 1.165) is 17.7 Å². The van der Waals surface area contributed by atoms with Crippen molar-refractivity contribution < 1.29 is 18.0 Å². The van der Waals surface area contributed by atoms with Gasteiger partial charge in [-0.15, -0.1) is 11.3 Å². The number of thiazole rings is 1. The van der Waals surface area contributed by atoms with Crippen molar-refractivity contribution in [3.63, 3.8) is 0 Å². The molecule has 0 radical (unpaired) electrons. The van der Waals surface area contributed by atoms with Gasteiger partial charge >= 0.3 is 6.18 Å². The first-order valence-corrected chi connectivity index (χ1v) is 8.06. The minimum Gasteiger partial charge on any atom is -0.298 e. The van der Waals surface area contributed by atoms with Gasteiger partial charge in [0.2, 0.25) is 0 Å². The van der Waals surface area contributed by atoms with Crippen LogP contribution in [0.3, 0.4) is 0 Å². The molecule has 3 aromatic rings. The van der Waals surface area contributed by atoms with Gasteiger partial charge in [-0.25, -0.2) is 4.98 Å². The van der Waals surface area contributed by atoms with Crippen LogP contribution in [0.4, 0.5) is 18.9 Å². The molecule has 0 unspecified atom stereocenters. The van der Waals surface area contributed by atoms with E-state index >= 15 is 0 Å². The van der Waals surface area contributed by atoms with Crippen molar-refractivity contribution >= 4 is 22.9 Å². The molecule has 0 aliphatic heterocycles. The van der Waals surface area contributed by atoms with Gasteiger partial charge in [0.25, 0.3) is 5.91 Å². The summed E-state index contributed by atoms with van der Waals surface area (Å²) in [5.74, 6) is -0.532. The Balaban J connectivity index is 1.67. The first kappa shape index (κ1) is 17.0. The fraction of sp³-hybridized carbons (Fsp3) is 0.0588. The standard InChI is InChI=1S/C17H12F3N3OS/c18-17(19,20)12-7-4-8-13(9-12)22-23-15(24)14-10-25-16(21-14)11-5-2-1-3-6-11/h1-10,22H,(H,23,24). The van der Waals surface area contributed by atoms with Crippen LogP contribution in [0.15, 0.2) is 60.0 Å². The summed E-state index contributed by atoms with van der Waals surface area (Å²) in [7, 11) is 0. The number of rotatable bonds is 4. The molecule has 128 valence electrons. The normalized spacial score (nSPS) is 11.2. The molecule has 0 aliphatic carbocycles. The van der Waals surface area contributed by atoms with E-state index in [2.05, 4.69) is 15.8 Å². The minimum absolute atomic E-state index is 0.127. The van der Waals surface area contributed by atoms with E-state index in [9.17, 15) is 18.0 Å². The van der Waals surface area contributed by atoms with Crippen LogP contribution in [-0.2, 0) is 6.18 Å². The summed E-state index contributed by atoms with van der Waals surface area (Å²) < 4.78 is 38.0. The maximum atomic E-state index is 12.7. The van der Waals surface area contributed by atoms with Gasteiger partial charge in [-0.2, -0.15) is 13.2 Å². The lowest BCUT2D eigenvalue weighted by Crippen LogP contribution is -2.29. The third-order valence-corrected chi connectivity index (χ3v) is 4.16. The highest BCUT2D eigenvalue weighted by Gasteiger charge is 2.30. The highest BCUT2D eigenvalue weighted by molar-refractivity contribution is 7.13. The summed E-state index contributed by atoms with van der Waals surface area (Å²) in [4.78, 5) is 16.3. The predicted octanol–water partition coefficient (Wildman–Crippen LogP) is 4.59. The smallest absolute Gasteiger partial charge is 0.298 e. The maximum absolute atomic E-state index is 12.7. The number of benzene rings is 2. The molecule has 1 amide bonds. The first-order valence-electron chi connectivity index (χ1n) is 7.18. The summed E-state index contributed by atoms with van der Waals surface area (Å²) in [6.45, 7) is 0. The second kappa shape index (κ2) is 6.94. The zero-order valence-corrected chi connectivity index (χ0v) is 13.5. The van der Waals surface area contributed by atoms with E-state index in [1.54, 1.807) is 5.38 Å². The second-order valence-corrected chi connectivity index (χ2v) is 5.92. The summed E-state index contributed by atoms with van der Waals surface area (Å²) in [5, 5.41) is 2.27. The average Bonchev–Trinajstić information content (AvgIpc) is 3.10. The molecule has 0 aliphatic rings. The van der Waals surface area contributed by atoms with E-state index in [4.69, 9.17) is 0 Å². The molecular formula is C17H12F3N3OS. The Morgan fingerprint density at radius 2 is 1.80 bits per heavy atom. The number of nitrogens with zero attached hydrogens (tertiary/aromatic N) is 1. The third-order valence-electron chi connectivity index (χ3n) is 3.27. The number of carbonyl (C=O) groups is 1. The Morgan fingerprint density at radius 3 is 2.52 bits per heavy atom. The lowest BCUT2D eigenvalue weighted by molar-refractivity contribution is -0.137. The molecule has 3 rings (SSSR count). The molecule has 0 saturated carbocycles. The van der Waals surface area contributed by atoms with E-state index in [1.165, 1.54) is 23.5 Å². The summed E-state index contributed by atoms with van der Waals surface area (Å²) in [5.41, 5.74) is 5.21. The number of hydrogen-bond donors (Lipinski definition) is 2. The van der Waals surface area contributed by atoms with Crippen LogP contribution >= 0.6 is 11.3 Å². The van der Waals surface area contributed by atoms with Crippen molar-refractivity contribution in [2.24, 2.45) is 0 Å². The Bertz CT molecular complexity index is 878. The quantitative estimate of drug-likeness (QED) is 0.667. The lowest BCUT2D eigenvalue weighted by atomic mass is 10.2. The molecule has 1 heterocycles. The van der Waals surface area contributed by atoms with Crippen LogP contribution in [0, 0.1) is 0 Å². The van der Waals surface area contributed by atoms with Gasteiger partial charge in [0.1, 0.15) is 10.7 Å². The number of halogens is 3. The van der Waals surface area contributed by atoms with Crippen LogP contribution in [0.5, 0.6) is 0 Å². The van der Waals surface area contributed by atoms with E-state index in [0.29, 0.717) is 5.01 Å². The van der Waals surface area contributed by atoms with Gasteiger partial charge < -0.3 is 0 Å². The van der Waals surface area contributed by atoms with Crippen molar-refractivity contribution in [1.82, 2.24) is 10.4 Å². The minimum atomic E-state index is -4.44. The summed E-state index contributed by atoms with van der Waals surface area (Å²) >= 11 is 1.31. The molecule has 2 N–H and O–H groups in total. The molecule has 0 bridgehead atoms. The third kappa shape index (κ3) is 4.16. The number of alkyl halides is 3. The monoisotopic (exact) mass is 363 g/mol. The van der Waals surface area contributed by atoms with Crippen LogP contribution in [0.2, 0.25) is 0 Å². The summed E-state index contributed by atoms with van der Waals surface area (Å²) in [6, 6.07) is 13.9. The van der Waals surface area contributed by atoms with Crippen molar-refractivity contribution in [1.29, 1.82) is 0 Å². The van der Waals surface area contributed by atoms with Gasteiger partial charge in [-0.3, -0.25) is 15.6 Å². The molecule has 25 heavy (non-hydrogen) atoms. The lowest BCUT2D eigenvalue weighted by Gasteiger charge is -2.10. The highest BCUT2D eigenvalue weighted by Crippen LogP contribution is 2.30. The van der Waals surface area contributed by atoms with Crippen LogP contribution in [0.25, 0.3) is 10.6 Å². The first-order chi connectivity index (χ1) is 11.9. The van der Waals surface area contributed by atoms with Crippen molar-refractivity contribution in [3.05, 3.63) is 71.2 Å². The average molecular weight is 363 g/mol. The van der Waals surface area contributed by atoms with E-state index in [1.807, 2.05) is 30.3 Å². The van der Waals surface area contributed by atoms with E-state index < -0.39 is 17.6 Å². The molecule has 0 saturated heterocycles. The molecule has 1 aromatic heterocycles. The molecular weight excluding hydrogens is 351 g/mol. The topological polar surface area (TPSA) is 54.0 Å². The SMILES string of the molecule is O=C(NNc1cccc(C(F)(F)F)c1)c1csc(-c2ccccc2)n1. The van der Waals surface area contributed by atoms with Crippen molar-refractivity contribution in [3.8, 4) is 10.6 Å². The number of amides is 1. The second-order valence-electron chi connectivity index (χ2n) is 5.06. The fourth-order valence-electron chi connectivity index (χ4n) is 2.06. The number of hydrogen-bond acceptors (Lipinski definition) is 4. The number of carbonyl (C=O) groups excluding carboxylic acids is 1. The van der Waals surface area contributed by atoms with Crippen molar-refractivity contribution in [2.75, 3.05) is 5.43 Å². The van der Waals surface area contributed by atoms with Gasteiger partial charge in [0.15, 0.2) is 0 Å². The Labute approximate surface area is 145 Å². The molecule has 0 atom stereocenters. The largest absolute Gasteiger partial charge is 0.416 e. The zero-order valence-electron chi connectivity index (χ0n) is 12.7. The van der Waals surface area contributed by atoms with Crippen molar-refractivity contribution in [2.45, 2.75) is 6.18 Å².